The monoisotopic (exact) mass is 647 g/mol. The molecule has 0 N–H and O–H groups in total. The first-order valence-corrected chi connectivity index (χ1v) is 17.1. The third-order valence-electron chi connectivity index (χ3n) is 9.21. The summed E-state index contributed by atoms with van der Waals surface area (Å²) in [5.41, 5.74) is 3.10. The number of pyridine rings is 1. The maximum Gasteiger partial charge on any atom is 0.410 e. The van der Waals surface area contributed by atoms with Crippen LogP contribution in [0, 0.1) is 0 Å². The van der Waals surface area contributed by atoms with Gasteiger partial charge >= 0.3 is 12.1 Å². The van der Waals surface area contributed by atoms with Crippen LogP contribution in [0.1, 0.15) is 95.7 Å². The predicted molar refractivity (Wildman–Crippen MR) is 179 cm³/mol. The summed E-state index contributed by atoms with van der Waals surface area (Å²) in [5, 5.41) is 5.79. The average molecular weight is 648 g/mol. The van der Waals surface area contributed by atoms with Crippen molar-refractivity contribution in [2.75, 3.05) is 39.5 Å². The first-order valence-electron chi connectivity index (χ1n) is 17.1. The van der Waals surface area contributed by atoms with Crippen molar-refractivity contribution in [3.8, 4) is 17.0 Å². The molecule has 3 aliphatic rings. The molecule has 11 heteroatoms. The molecule has 3 aromatic rings. The number of carbonyl (C=O) groups is 2. The Labute approximate surface area is 277 Å². The lowest BCUT2D eigenvalue weighted by atomic mass is 9.91. The third kappa shape index (κ3) is 7.11. The lowest BCUT2D eigenvalue weighted by Crippen LogP contribution is -2.71. The van der Waals surface area contributed by atoms with Crippen LogP contribution >= 0.6 is 0 Å². The van der Waals surface area contributed by atoms with Crippen molar-refractivity contribution in [1.29, 1.82) is 0 Å². The number of hydrogen-bond donors (Lipinski definition) is 0. The number of nitrogens with zero attached hydrogens (tertiary/aromatic N) is 5. The number of benzene rings is 1. The molecule has 2 aliphatic heterocycles. The first kappa shape index (κ1) is 33.2. The molecular formula is C36H49N5O6. The second-order valence-electron chi connectivity index (χ2n) is 14.4. The lowest BCUT2D eigenvalue weighted by Gasteiger charge is -2.55. The SMILES string of the molecule is CCOC(=O)c1cc(-c2ccc(CN3CCN(C(=O)OC(C)(C)C)CC34COC4)cc2)c2c(OC(C)C)nn(C3CCCCC3)c2n1. The molecule has 1 amide bonds. The van der Waals surface area contributed by atoms with E-state index in [2.05, 4.69) is 29.2 Å². The van der Waals surface area contributed by atoms with Gasteiger partial charge in [-0.1, -0.05) is 43.5 Å². The van der Waals surface area contributed by atoms with Crippen LogP contribution in [0.15, 0.2) is 30.3 Å². The molecule has 1 saturated carbocycles. The molecule has 47 heavy (non-hydrogen) atoms. The Bertz CT molecular complexity index is 1580. The van der Waals surface area contributed by atoms with Crippen LogP contribution in [0.2, 0.25) is 0 Å². The minimum atomic E-state index is -0.535. The molecule has 3 fully saturated rings. The number of esters is 1. The normalized spacial score (nSPS) is 18.8. The maximum atomic E-state index is 13.1. The van der Waals surface area contributed by atoms with E-state index in [1.807, 2.05) is 50.3 Å². The summed E-state index contributed by atoms with van der Waals surface area (Å²) >= 11 is 0. The highest BCUT2D eigenvalue weighted by Crippen LogP contribution is 2.40. The molecule has 0 bridgehead atoms. The summed E-state index contributed by atoms with van der Waals surface area (Å²) in [6.45, 7) is 15.5. The van der Waals surface area contributed by atoms with E-state index in [9.17, 15) is 9.59 Å². The van der Waals surface area contributed by atoms with E-state index in [0.717, 1.165) is 60.8 Å². The Morgan fingerprint density at radius 1 is 1.06 bits per heavy atom. The van der Waals surface area contributed by atoms with Gasteiger partial charge in [0.15, 0.2) is 11.3 Å². The quantitative estimate of drug-likeness (QED) is 0.257. The number of rotatable bonds is 8. The summed E-state index contributed by atoms with van der Waals surface area (Å²) in [5.74, 6) is 0.0888. The van der Waals surface area contributed by atoms with Crippen molar-refractivity contribution in [2.45, 2.75) is 103 Å². The third-order valence-corrected chi connectivity index (χ3v) is 9.21. The second-order valence-corrected chi connectivity index (χ2v) is 14.4. The summed E-state index contributed by atoms with van der Waals surface area (Å²) in [4.78, 5) is 35.0. The minimum absolute atomic E-state index is 0.0774. The van der Waals surface area contributed by atoms with E-state index in [-0.39, 0.29) is 36.1 Å². The predicted octanol–water partition coefficient (Wildman–Crippen LogP) is 6.39. The number of amides is 1. The molecule has 0 atom stereocenters. The fraction of sp³-hybridized carbons (Fsp3) is 0.611. The van der Waals surface area contributed by atoms with E-state index in [0.29, 0.717) is 37.8 Å². The van der Waals surface area contributed by atoms with Gasteiger partial charge in [-0.25, -0.2) is 19.3 Å². The number of ether oxygens (including phenoxy) is 4. The van der Waals surface area contributed by atoms with Crippen molar-refractivity contribution < 1.29 is 28.5 Å². The smallest absolute Gasteiger partial charge is 0.410 e. The van der Waals surface area contributed by atoms with Crippen LogP contribution in [-0.4, -0.2) is 93.3 Å². The summed E-state index contributed by atoms with van der Waals surface area (Å²) in [6.07, 6.45) is 5.19. The number of aromatic nitrogens is 3. The van der Waals surface area contributed by atoms with Gasteiger partial charge in [0.2, 0.25) is 5.88 Å². The zero-order valence-corrected chi connectivity index (χ0v) is 28.7. The standard InChI is InChI=1S/C36H49N5O6/c1-7-45-33(42)29-19-28(30-31(37-29)41(27-11-9-8-10-12-27)38-32(30)46-24(2)3)26-15-13-25(14-16-26)20-40-18-17-39(21-36(40)22-44-23-36)34(43)47-35(4,5)6/h13-16,19,24,27H,7-12,17-18,20-23H2,1-6H3. The highest BCUT2D eigenvalue weighted by atomic mass is 16.6. The van der Waals surface area contributed by atoms with Crippen molar-refractivity contribution in [2.24, 2.45) is 0 Å². The van der Waals surface area contributed by atoms with Crippen LogP contribution in [0.25, 0.3) is 22.2 Å². The molecule has 1 aliphatic carbocycles. The zero-order chi connectivity index (χ0) is 33.3. The van der Waals surface area contributed by atoms with Crippen molar-refractivity contribution in [3.05, 3.63) is 41.6 Å². The van der Waals surface area contributed by atoms with Crippen LogP contribution in [0.3, 0.4) is 0 Å². The fourth-order valence-corrected chi connectivity index (χ4v) is 6.89. The van der Waals surface area contributed by atoms with Gasteiger partial charge in [-0.3, -0.25) is 4.90 Å². The van der Waals surface area contributed by atoms with Gasteiger partial charge in [-0.15, -0.1) is 5.10 Å². The second kappa shape index (κ2) is 13.4. The summed E-state index contributed by atoms with van der Waals surface area (Å²) in [6, 6.07) is 10.5. The van der Waals surface area contributed by atoms with Crippen LogP contribution < -0.4 is 4.74 Å². The molecule has 1 spiro atoms. The topological polar surface area (TPSA) is 108 Å². The van der Waals surface area contributed by atoms with Gasteiger partial charge in [0.25, 0.3) is 0 Å². The van der Waals surface area contributed by atoms with Crippen molar-refractivity contribution >= 4 is 23.1 Å². The van der Waals surface area contributed by atoms with Gasteiger partial charge in [0, 0.05) is 31.7 Å². The molecule has 2 aromatic heterocycles. The first-order chi connectivity index (χ1) is 22.5. The van der Waals surface area contributed by atoms with Crippen molar-refractivity contribution in [3.63, 3.8) is 0 Å². The number of fused-ring (bicyclic) bond motifs is 1. The average Bonchev–Trinajstić information content (AvgIpc) is 3.37. The van der Waals surface area contributed by atoms with E-state index in [1.165, 1.54) is 6.42 Å². The number of piperazine rings is 1. The molecule has 0 unspecified atom stereocenters. The molecule has 0 radical (unpaired) electrons. The minimum Gasteiger partial charge on any atom is -0.473 e. The highest BCUT2D eigenvalue weighted by Gasteiger charge is 2.49. The molecule has 6 rings (SSSR count). The van der Waals surface area contributed by atoms with Gasteiger partial charge in [0.05, 0.1) is 42.9 Å². The summed E-state index contributed by atoms with van der Waals surface area (Å²) < 4.78 is 25.0. The van der Waals surface area contributed by atoms with Gasteiger partial charge < -0.3 is 23.8 Å². The van der Waals surface area contributed by atoms with Gasteiger partial charge in [-0.05, 0) is 71.6 Å². The van der Waals surface area contributed by atoms with Crippen LogP contribution in [-0.2, 0) is 20.8 Å². The van der Waals surface area contributed by atoms with E-state index in [4.69, 9.17) is 29.0 Å². The van der Waals surface area contributed by atoms with E-state index < -0.39 is 11.6 Å². The van der Waals surface area contributed by atoms with Gasteiger partial charge in [0.1, 0.15) is 5.60 Å². The van der Waals surface area contributed by atoms with Crippen molar-refractivity contribution in [1.82, 2.24) is 24.6 Å². The number of carbonyl (C=O) groups excluding carboxylic acids is 2. The Kier molecular flexibility index (Phi) is 9.49. The van der Waals surface area contributed by atoms with E-state index in [1.54, 1.807) is 6.92 Å². The Balaban J connectivity index is 1.31. The van der Waals surface area contributed by atoms with Crippen LogP contribution in [0.5, 0.6) is 5.88 Å². The molecule has 11 nitrogen and oxygen atoms in total. The molecule has 4 heterocycles. The Morgan fingerprint density at radius 3 is 2.40 bits per heavy atom. The van der Waals surface area contributed by atoms with E-state index >= 15 is 0 Å². The molecule has 2 saturated heterocycles. The molecule has 254 valence electrons. The molecular weight excluding hydrogens is 598 g/mol. The van der Waals surface area contributed by atoms with Crippen LogP contribution in [0.4, 0.5) is 4.79 Å². The summed E-state index contributed by atoms with van der Waals surface area (Å²) in [7, 11) is 0. The fourth-order valence-electron chi connectivity index (χ4n) is 6.89. The lowest BCUT2D eigenvalue weighted by molar-refractivity contribution is -0.170. The number of hydrogen-bond acceptors (Lipinski definition) is 9. The largest absolute Gasteiger partial charge is 0.473 e. The molecule has 1 aromatic carbocycles. The Hall–Kier alpha value is -3.70. The highest BCUT2D eigenvalue weighted by molar-refractivity contribution is 6.01. The Morgan fingerprint density at radius 2 is 1.79 bits per heavy atom. The maximum absolute atomic E-state index is 13.1. The zero-order valence-electron chi connectivity index (χ0n) is 28.7. The van der Waals surface area contributed by atoms with Gasteiger partial charge in [-0.2, -0.15) is 0 Å².